The van der Waals surface area contributed by atoms with E-state index < -0.39 is 0 Å². The van der Waals surface area contributed by atoms with Crippen LogP contribution in [0.2, 0.25) is 0 Å². The molecule has 0 N–H and O–H groups in total. The molecule has 0 heterocycles. The maximum Gasteiger partial charge on any atom is 0.0580 e. The molecule has 6 aromatic rings. The molecule has 47 heavy (non-hydrogen) atoms. The summed E-state index contributed by atoms with van der Waals surface area (Å²) in [6.45, 7) is 19.6. The average Bonchev–Trinajstić information content (AvgIpc) is 3.36. The highest BCUT2D eigenvalue weighted by Gasteiger charge is 2.58. The highest BCUT2D eigenvalue weighted by molar-refractivity contribution is 6.04. The highest BCUT2D eigenvalue weighted by Crippen LogP contribution is 2.65. The maximum absolute atomic E-state index is 2.61. The van der Waals surface area contributed by atoms with Crippen molar-refractivity contribution in [2.45, 2.75) is 71.6 Å². The van der Waals surface area contributed by atoms with Crippen LogP contribution in [0.3, 0.4) is 0 Å². The van der Waals surface area contributed by atoms with Gasteiger partial charge < -0.3 is 4.90 Å². The van der Waals surface area contributed by atoms with Gasteiger partial charge in [-0.15, -0.1) is 0 Å². The summed E-state index contributed by atoms with van der Waals surface area (Å²) < 4.78 is 0. The van der Waals surface area contributed by atoms with E-state index >= 15 is 0 Å². The van der Waals surface area contributed by atoms with Crippen molar-refractivity contribution < 1.29 is 0 Å². The molecule has 1 heteroatoms. The first-order valence-electron chi connectivity index (χ1n) is 17.1. The van der Waals surface area contributed by atoms with Gasteiger partial charge in [0.05, 0.1) is 11.4 Å². The first kappa shape index (κ1) is 29.8. The van der Waals surface area contributed by atoms with Gasteiger partial charge in [-0.05, 0) is 78.8 Å². The summed E-state index contributed by atoms with van der Waals surface area (Å²) in [5.41, 5.74) is 14.3. The van der Waals surface area contributed by atoms with Gasteiger partial charge in [0, 0.05) is 22.1 Å². The lowest BCUT2D eigenvalue weighted by Crippen LogP contribution is -2.42. The minimum absolute atomic E-state index is 0.0145. The van der Waals surface area contributed by atoms with Crippen molar-refractivity contribution >= 4 is 27.8 Å². The van der Waals surface area contributed by atoms with Gasteiger partial charge in [-0.1, -0.05) is 165 Å². The Hall–Kier alpha value is -4.62. The molecule has 0 aromatic heterocycles. The molecule has 8 rings (SSSR count). The van der Waals surface area contributed by atoms with Crippen LogP contribution >= 0.6 is 0 Å². The molecule has 0 spiro atoms. The Morgan fingerprint density at radius 1 is 0.468 bits per heavy atom. The van der Waals surface area contributed by atoms with Gasteiger partial charge in [-0.3, -0.25) is 0 Å². The molecular weight excluding hydrogens is 567 g/mol. The summed E-state index contributed by atoms with van der Waals surface area (Å²) >= 11 is 0. The van der Waals surface area contributed by atoms with E-state index in [1.54, 1.807) is 0 Å². The van der Waals surface area contributed by atoms with Crippen molar-refractivity contribution in [2.75, 3.05) is 4.90 Å². The number of rotatable bonds is 4. The molecule has 0 saturated carbocycles. The number of nitrogens with zero attached hydrogens (tertiary/aromatic N) is 1. The van der Waals surface area contributed by atoms with Crippen LogP contribution in [0.5, 0.6) is 0 Å². The van der Waals surface area contributed by atoms with E-state index in [9.17, 15) is 0 Å². The van der Waals surface area contributed by atoms with E-state index in [0.717, 1.165) is 0 Å². The third-order valence-corrected chi connectivity index (χ3v) is 12.7. The number of fused-ring (bicyclic) bond motifs is 5. The molecule has 0 unspecified atom stereocenters. The fraction of sp³-hybridized carbons (Fsp3) is 0.261. The highest BCUT2D eigenvalue weighted by atomic mass is 15.2. The lowest BCUT2D eigenvalue weighted by molar-refractivity contribution is 0.125. The lowest BCUT2D eigenvalue weighted by Gasteiger charge is -2.45. The zero-order valence-electron chi connectivity index (χ0n) is 29.1. The van der Waals surface area contributed by atoms with Gasteiger partial charge in [0.25, 0.3) is 0 Å². The van der Waals surface area contributed by atoms with Crippen LogP contribution in [-0.4, -0.2) is 0 Å². The first-order chi connectivity index (χ1) is 22.4. The number of hydrogen-bond donors (Lipinski definition) is 0. The van der Waals surface area contributed by atoms with Gasteiger partial charge in [0.1, 0.15) is 0 Å². The van der Waals surface area contributed by atoms with E-state index in [1.165, 1.54) is 72.3 Å². The molecule has 0 fully saturated rings. The van der Waals surface area contributed by atoms with Gasteiger partial charge in [-0.2, -0.15) is 0 Å². The number of para-hydroxylation sites is 1. The zero-order chi connectivity index (χ0) is 32.9. The molecule has 0 atom stereocenters. The molecule has 0 aliphatic heterocycles. The number of hydrogen-bond acceptors (Lipinski definition) is 1. The predicted octanol–water partition coefficient (Wildman–Crippen LogP) is 12.9. The minimum Gasteiger partial charge on any atom is -0.309 e. The summed E-state index contributed by atoms with van der Waals surface area (Å²) in [7, 11) is 0. The lowest BCUT2D eigenvalue weighted by atomic mass is 9.59. The predicted molar refractivity (Wildman–Crippen MR) is 201 cm³/mol. The van der Waals surface area contributed by atoms with Crippen molar-refractivity contribution in [3.05, 3.63) is 150 Å². The van der Waals surface area contributed by atoms with Crippen LogP contribution in [0.4, 0.5) is 17.1 Å². The molecule has 0 saturated heterocycles. The van der Waals surface area contributed by atoms with Crippen LogP contribution in [0.1, 0.15) is 77.6 Å². The van der Waals surface area contributed by atoms with E-state index in [4.69, 9.17) is 0 Å². The summed E-state index contributed by atoms with van der Waals surface area (Å²) in [5.74, 6) is 0. The minimum atomic E-state index is -0.101. The molecule has 234 valence electrons. The average molecular weight is 612 g/mol. The van der Waals surface area contributed by atoms with Gasteiger partial charge in [0.15, 0.2) is 0 Å². The zero-order valence-corrected chi connectivity index (χ0v) is 29.1. The van der Waals surface area contributed by atoms with Crippen molar-refractivity contribution in [1.29, 1.82) is 0 Å². The quantitative estimate of drug-likeness (QED) is 0.192. The second-order valence-corrected chi connectivity index (χ2v) is 15.9. The number of benzene rings is 6. The molecule has 2 aliphatic rings. The summed E-state index contributed by atoms with van der Waals surface area (Å²) in [6, 6.07) is 47.6. The topological polar surface area (TPSA) is 3.24 Å². The summed E-state index contributed by atoms with van der Waals surface area (Å²) in [5, 5.41) is 2.58. The van der Waals surface area contributed by atoms with Crippen LogP contribution in [0, 0.1) is 5.41 Å². The largest absolute Gasteiger partial charge is 0.309 e. The molecular formula is C46H45N. The monoisotopic (exact) mass is 611 g/mol. The first-order valence-corrected chi connectivity index (χ1v) is 17.1. The Morgan fingerprint density at radius 3 is 1.85 bits per heavy atom. The number of anilines is 3. The van der Waals surface area contributed by atoms with Crippen LogP contribution in [0.25, 0.3) is 33.0 Å². The van der Waals surface area contributed by atoms with Crippen LogP contribution < -0.4 is 4.90 Å². The van der Waals surface area contributed by atoms with E-state index in [0.29, 0.717) is 0 Å². The van der Waals surface area contributed by atoms with E-state index in [-0.39, 0.29) is 21.7 Å². The van der Waals surface area contributed by atoms with Crippen molar-refractivity contribution in [3.63, 3.8) is 0 Å². The van der Waals surface area contributed by atoms with E-state index in [1.807, 2.05) is 0 Å². The third-order valence-electron chi connectivity index (χ3n) is 12.7. The molecule has 0 amide bonds. The smallest absolute Gasteiger partial charge is 0.0580 e. The third kappa shape index (κ3) is 3.95. The Kier molecular flexibility index (Phi) is 6.30. The molecule has 0 radical (unpaired) electrons. The second-order valence-electron chi connectivity index (χ2n) is 15.9. The van der Waals surface area contributed by atoms with Crippen LogP contribution in [0.15, 0.2) is 127 Å². The normalized spacial score (nSPS) is 17.6. The SMILES string of the molecule is CC1(C)c2ccccc2-c2ccc(N(c3ccccc3-c3ccccc3)c3c4c(cc5ccccc35)C(C)(C)C(C)(C)C4(C)C)cc21. The molecule has 2 aliphatic carbocycles. The van der Waals surface area contributed by atoms with Crippen molar-refractivity contribution in [1.82, 2.24) is 0 Å². The van der Waals surface area contributed by atoms with Crippen molar-refractivity contribution in [3.8, 4) is 22.3 Å². The fourth-order valence-corrected chi connectivity index (χ4v) is 8.87. The second kappa shape index (κ2) is 9.94. The Balaban J connectivity index is 1.51. The fourth-order valence-electron chi connectivity index (χ4n) is 8.87. The Labute approximate surface area is 280 Å². The molecule has 0 bridgehead atoms. The summed E-state index contributed by atoms with van der Waals surface area (Å²) in [4.78, 5) is 2.61. The molecule has 6 aromatic carbocycles. The molecule has 1 nitrogen and oxygen atoms in total. The van der Waals surface area contributed by atoms with Crippen LogP contribution in [-0.2, 0) is 16.2 Å². The Morgan fingerprint density at radius 2 is 1.09 bits per heavy atom. The standard InChI is InChI=1S/C46H45N/c1-43(2)37-24-16-14-23-35(37)36-27-26-32(29-38(36)43)47(40-25-17-15-21-33(40)30-18-10-9-11-19-30)42-34-22-13-12-20-31(34)28-39-41(42)45(5,6)46(7,8)44(39,3)4/h9-29H,1-8H3. The summed E-state index contributed by atoms with van der Waals surface area (Å²) in [6.07, 6.45) is 0. The van der Waals surface area contributed by atoms with Gasteiger partial charge in [0.2, 0.25) is 0 Å². The van der Waals surface area contributed by atoms with Gasteiger partial charge >= 0.3 is 0 Å². The van der Waals surface area contributed by atoms with Crippen molar-refractivity contribution in [2.24, 2.45) is 5.41 Å². The Bertz CT molecular complexity index is 2190. The van der Waals surface area contributed by atoms with E-state index in [2.05, 4.69) is 188 Å². The van der Waals surface area contributed by atoms with Gasteiger partial charge in [-0.25, -0.2) is 0 Å². The maximum atomic E-state index is 2.61.